The molecule has 0 aliphatic heterocycles. The number of carbonyl (C=O) groups is 1. The maximum absolute atomic E-state index is 12.7. The second kappa shape index (κ2) is 8.72. The van der Waals surface area contributed by atoms with Crippen molar-refractivity contribution in [3.8, 4) is 6.07 Å². The van der Waals surface area contributed by atoms with E-state index in [1.807, 2.05) is 30.3 Å². The van der Waals surface area contributed by atoms with E-state index in [0.717, 1.165) is 17.7 Å². The highest BCUT2D eigenvalue weighted by Crippen LogP contribution is 2.30. The fraction of sp³-hybridized carbons (Fsp3) is 0.158. The Kier molecular flexibility index (Phi) is 6.39. The van der Waals surface area contributed by atoms with Crippen molar-refractivity contribution < 1.29 is 18.0 Å². The molecule has 7 heteroatoms. The average Bonchev–Trinajstić information content (AvgIpc) is 2.62. The van der Waals surface area contributed by atoms with Crippen LogP contribution >= 0.6 is 0 Å². The molecule has 0 heterocycles. The normalized spacial score (nSPS) is 11.5. The number of halogens is 3. The Bertz CT molecular complexity index is 824. The number of nitriles is 1. The third-order valence-corrected chi connectivity index (χ3v) is 3.46. The fourth-order valence-electron chi connectivity index (χ4n) is 2.16. The Morgan fingerprint density at radius 1 is 1.12 bits per heavy atom. The zero-order valence-corrected chi connectivity index (χ0v) is 13.7. The topological polar surface area (TPSA) is 64.9 Å². The van der Waals surface area contributed by atoms with Crippen LogP contribution in [0.3, 0.4) is 0 Å². The summed E-state index contributed by atoms with van der Waals surface area (Å²) in [6, 6.07) is 15.6. The Hall–Kier alpha value is -3.27. The van der Waals surface area contributed by atoms with E-state index in [1.54, 1.807) is 6.07 Å². The van der Waals surface area contributed by atoms with Gasteiger partial charge in [-0.1, -0.05) is 36.4 Å². The van der Waals surface area contributed by atoms with Crippen molar-refractivity contribution in [3.63, 3.8) is 0 Å². The lowest BCUT2D eigenvalue weighted by Gasteiger charge is -2.09. The molecule has 2 N–H and O–H groups in total. The molecular weight excluding hydrogens is 343 g/mol. The minimum absolute atomic E-state index is 0.0322. The van der Waals surface area contributed by atoms with Crippen molar-refractivity contribution in [2.75, 3.05) is 11.9 Å². The predicted molar refractivity (Wildman–Crippen MR) is 91.9 cm³/mol. The van der Waals surface area contributed by atoms with Crippen LogP contribution in [0.4, 0.5) is 18.9 Å². The number of rotatable bonds is 6. The van der Waals surface area contributed by atoms with Gasteiger partial charge < -0.3 is 10.6 Å². The van der Waals surface area contributed by atoms with E-state index in [1.165, 1.54) is 18.3 Å². The quantitative estimate of drug-likeness (QED) is 0.467. The van der Waals surface area contributed by atoms with Gasteiger partial charge in [-0.05, 0) is 30.2 Å². The average molecular weight is 359 g/mol. The molecule has 0 radical (unpaired) electrons. The third kappa shape index (κ3) is 5.67. The molecule has 0 atom stereocenters. The summed E-state index contributed by atoms with van der Waals surface area (Å²) in [5, 5.41) is 14.2. The molecule has 0 aromatic heterocycles. The highest BCUT2D eigenvalue weighted by Gasteiger charge is 2.30. The van der Waals surface area contributed by atoms with E-state index in [0.29, 0.717) is 13.0 Å². The zero-order chi connectivity index (χ0) is 19.0. The summed E-state index contributed by atoms with van der Waals surface area (Å²) in [5.41, 5.74) is -0.0372. The number of hydrogen-bond donors (Lipinski definition) is 2. The van der Waals surface area contributed by atoms with Gasteiger partial charge in [0.05, 0.1) is 5.56 Å². The molecule has 2 aromatic rings. The van der Waals surface area contributed by atoms with Crippen molar-refractivity contribution in [3.05, 3.63) is 77.5 Å². The monoisotopic (exact) mass is 359 g/mol. The van der Waals surface area contributed by atoms with Gasteiger partial charge in [0, 0.05) is 18.4 Å². The van der Waals surface area contributed by atoms with E-state index in [2.05, 4.69) is 10.6 Å². The van der Waals surface area contributed by atoms with Crippen LogP contribution < -0.4 is 10.6 Å². The van der Waals surface area contributed by atoms with Crippen molar-refractivity contribution in [1.82, 2.24) is 5.32 Å². The first kappa shape index (κ1) is 19.1. The van der Waals surface area contributed by atoms with Crippen LogP contribution in [-0.2, 0) is 17.4 Å². The summed E-state index contributed by atoms with van der Waals surface area (Å²) < 4.78 is 38.1. The van der Waals surface area contributed by atoms with E-state index in [4.69, 9.17) is 5.26 Å². The lowest BCUT2D eigenvalue weighted by atomic mass is 10.1. The molecule has 0 aliphatic carbocycles. The number of carbonyl (C=O) groups excluding carboxylic acids is 1. The molecule has 0 saturated heterocycles. The van der Waals surface area contributed by atoms with Crippen molar-refractivity contribution in [1.29, 1.82) is 5.26 Å². The van der Waals surface area contributed by atoms with Crippen LogP contribution in [0.1, 0.15) is 11.1 Å². The van der Waals surface area contributed by atoms with Crippen LogP contribution in [0.15, 0.2) is 66.4 Å². The van der Waals surface area contributed by atoms with Gasteiger partial charge in [-0.25, -0.2) is 0 Å². The zero-order valence-electron chi connectivity index (χ0n) is 13.7. The number of anilines is 1. The number of alkyl halides is 3. The SMILES string of the molecule is N#C/C(=C/NCCc1ccccc1)C(=O)Nc1cccc(C(F)(F)F)c1. The van der Waals surface area contributed by atoms with E-state index >= 15 is 0 Å². The summed E-state index contributed by atoms with van der Waals surface area (Å²) in [5.74, 6) is -0.779. The Morgan fingerprint density at radius 3 is 2.50 bits per heavy atom. The van der Waals surface area contributed by atoms with Crippen molar-refractivity contribution in [2.45, 2.75) is 12.6 Å². The summed E-state index contributed by atoms with van der Waals surface area (Å²) >= 11 is 0. The molecule has 0 fully saturated rings. The van der Waals surface area contributed by atoms with E-state index < -0.39 is 17.6 Å². The first-order valence-corrected chi connectivity index (χ1v) is 7.76. The largest absolute Gasteiger partial charge is 0.416 e. The van der Waals surface area contributed by atoms with Crippen LogP contribution in [0, 0.1) is 11.3 Å². The number of nitrogens with one attached hydrogen (secondary N) is 2. The van der Waals surface area contributed by atoms with Gasteiger partial charge in [-0.15, -0.1) is 0 Å². The predicted octanol–water partition coefficient (Wildman–Crippen LogP) is 3.88. The minimum Gasteiger partial charge on any atom is -0.389 e. The Labute approximate surface area is 149 Å². The Balaban J connectivity index is 1.95. The van der Waals surface area contributed by atoms with Crippen LogP contribution in [0.25, 0.3) is 0 Å². The first-order chi connectivity index (χ1) is 12.4. The van der Waals surface area contributed by atoms with Gasteiger partial charge in [-0.2, -0.15) is 18.4 Å². The van der Waals surface area contributed by atoms with Crippen molar-refractivity contribution in [2.24, 2.45) is 0 Å². The van der Waals surface area contributed by atoms with Crippen LogP contribution in [-0.4, -0.2) is 12.5 Å². The maximum atomic E-state index is 12.7. The molecule has 0 saturated carbocycles. The molecule has 0 spiro atoms. The number of hydrogen-bond acceptors (Lipinski definition) is 3. The van der Waals surface area contributed by atoms with Gasteiger partial charge in [0.1, 0.15) is 11.6 Å². The second-order valence-corrected chi connectivity index (χ2v) is 5.39. The maximum Gasteiger partial charge on any atom is 0.416 e. The molecule has 26 heavy (non-hydrogen) atoms. The molecular formula is C19H16F3N3O. The summed E-state index contributed by atoms with van der Waals surface area (Å²) in [6.45, 7) is 0.506. The van der Waals surface area contributed by atoms with Gasteiger partial charge >= 0.3 is 6.18 Å². The molecule has 0 bridgehead atoms. The first-order valence-electron chi connectivity index (χ1n) is 7.76. The summed E-state index contributed by atoms with van der Waals surface area (Å²) in [4.78, 5) is 12.0. The summed E-state index contributed by atoms with van der Waals surface area (Å²) in [6.07, 6.45) is -2.55. The van der Waals surface area contributed by atoms with E-state index in [-0.39, 0.29) is 11.3 Å². The van der Waals surface area contributed by atoms with E-state index in [9.17, 15) is 18.0 Å². The number of nitrogens with zero attached hydrogens (tertiary/aromatic N) is 1. The standard InChI is InChI=1S/C19H16F3N3O/c20-19(21,22)16-7-4-8-17(11-16)25-18(26)15(12-23)13-24-10-9-14-5-2-1-3-6-14/h1-8,11,13,24H,9-10H2,(H,25,26)/b15-13-. The number of benzene rings is 2. The smallest absolute Gasteiger partial charge is 0.389 e. The lowest BCUT2D eigenvalue weighted by molar-refractivity contribution is -0.137. The van der Waals surface area contributed by atoms with Crippen molar-refractivity contribution >= 4 is 11.6 Å². The van der Waals surface area contributed by atoms with Gasteiger partial charge in [0.15, 0.2) is 0 Å². The highest BCUT2D eigenvalue weighted by atomic mass is 19.4. The molecule has 4 nitrogen and oxygen atoms in total. The highest BCUT2D eigenvalue weighted by molar-refractivity contribution is 6.06. The molecule has 0 unspecified atom stereocenters. The summed E-state index contributed by atoms with van der Waals surface area (Å²) in [7, 11) is 0. The number of amides is 1. The van der Waals surface area contributed by atoms with Gasteiger partial charge in [0.2, 0.25) is 0 Å². The molecule has 1 amide bonds. The van der Waals surface area contributed by atoms with Crippen LogP contribution in [0.2, 0.25) is 0 Å². The minimum atomic E-state index is -4.51. The molecule has 2 rings (SSSR count). The fourth-order valence-corrected chi connectivity index (χ4v) is 2.16. The molecule has 2 aromatic carbocycles. The second-order valence-electron chi connectivity index (χ2n) is 5.39. The third-order valence-electron chi connectivity index (χ3n) is 3.46. The molecule has 0 aliphatic rings. The Morgan fingerprint density at radius 2 is 1.85 bits per heavy atom. The van der Waals surface area contributed by atoms with Gasteiger partial charge in [-0.3, -0.25) is 4.79 Å². The lowest BCUT2D eigenvalue weighted by Crippen LogP contribution is -2.18. The molecule has 134 valence electrons. The van der Waals surface area contributed by atoms with Crippen LogP contribution in [0.5, 0.6) is 0 Å². The van der Waals surface area contributed by atoms with Gasteiger partial charge in [0.25, 0.3) is 5.91 Å².